The lowest BCUT2D eigenvalue weighted by atomic mass is 9.80. The summed E-state index contributed by atoms with van der Waals surface area (Å²) in [5, 5.41) is 0. The fraction of sp³-hybridized carbons (Fsp3) is 0.571. The highest BCUT2D eigenvalue weighted by Crippen LogP contribution is 2.48. The number of fused-ring (bicyclic) bond motifs is 1. The molecule has 2 aliphatic rings. The molecule has 0 spiro atoms. The first-order chi connectivity index (χ1) is 7.70. The van der Waals surface area contributed by atoms with Gasteiger partial charge in [0.2, 0.25) is 0 Å². The van der Waals surface area contributed by atoms with Crippen molar-refractivity contribution in [2.75, 3.05) is 20.1 Å². The van der Waals surface area contributed by atoms with E-state index in [1.54, 1.807) is 0 Å². The van der Waals surface area contributed by atoms with Crippen LogP contribution in [0.2, 0.25) is 0 Å². The normalized spacial score (nSPS) is 38.9. The fourth-order valence-corrected chi connectivity index (χ4v) is 3.76. The summed E-state index contributed by atoms with van der Waals surface area (Å²) in [6, 6.07) is 10.8. The Balaban J connectivity index is 1.93. The average molecular weight is 216 g/mol. The standard InChI is InChI=1S/C14H20N2/c1-16-9-12-7-8-13(14(12,15)10-16)11-5-3-2-4-6-11/h2-6,12-13H,7-10,15H2,1H3/t12?,13-,14?/m1/s1. The lowest BCUT2D eigenvalue weighted by Gasteiger charge is -2.31. The van der Waals surface area contributed by atoms with Gasteiger partial charge in [0.25, 0.3) is 0 Å². The molecule has 1 aliphatic heterocycles. The highest BCUT2D eigenvalue weighted by Gasteiger charge is 2.52. The Labute approximate surface area is 97.4 Å². The summed E-state index contributed by atoms with van der Waals surface area (Å²) in [5.41, 5.74) is 8.15. The molecule has 0 aromatic heterocycles. The summed E-state index contributed by atoms with van der Waals surface area (Å²) >= 11 is 0. The van der Waals surface area contributed by atoms with Crippen molar-refractivity contribution in [2.24, 2.45) is 11.7 Å². The third kappa shape index (κ3) is 1.40. The van der Waals surface area contributed by atoms with Gasteiger partial charge in [-0.1, -0.05) is 30.3 Å². The SMILES string of the molecule is CN1CC2CC[C@H](c3ccccc3)C2(N)C1. The van der Waals surface area contributed by atoms with E-state index in [0.717, 1.165) is 6.54 Å². The third-order valence-corrected chi connectivity index (χ3v) is 4.49. The van der Waals surface area contributed by atoms with Gasteiger partial charge in [-0.3, -0.25) is 0 Å². The van der Waals surface area contributed by atoms with Gasteiger partial charge >= 0.3 is 0 Å². The van der Waals surface area contributed by atoms with Crippen LogP contribution in [0, 0.1) is 5.92 Å². The van der Waals surface area contributed by atoms with Crippen molar-refractivity contribution >= 4 is 0 Å². The van der Waals surface area contributed by atoms with Crippen LogP contribution in [0.3, 0.4) is 0 Å². The van der Waals surface area contributed by atoms with Crippen LogP contribution in [-0.2, 0) is 0 Å². The number of benzene rings is 1. The van der Waals surface area contributed by atoms with E-state index >= 15 is 0 Å². The lowest BCUT2D eigenvalue weighted by molar-refractivity contribution is 0.333. The van der Waals surface area contributed by atoms with Crippen molar-refractivity contribution in [1.29, 1.82) is 0 Å². The number of rotatable bonds is 1. The van der Waals surface area contributed by atoms with E-state index in [1.807, 2.05) is 0 Å². The molecule has 1 saturated heterocycles. The van der Waals surface area contributed by atoms with Gasteiger partial charge in [0.05, 0.1) is 0 Å². The number of hydrogen-bond acceptors (Lipinski definition) is 2. The predicted molar refractivity (Wildman–Crippen MR) is 66.3 cm³/mol. The molecule has 2 N–H and O–H groups in total. The monoisotopic (exact) mass is 216 g/mol. The maximum atomic E-state index is 6.69. The Kier molecular flexibility index (Phi) is 2.30. The van der Waals surface area contributed by atoms with E-state index in [4.69, 9.17) is 5.73 Å². The quantitative estimate of drug-likeness (QED) is 0.776. The van der Waals surface area contributed by atoms with Crippen molar-refractivity contribution in [3.05, 3.63) is 35.9 Å². The van der Waals surface area contributed by atoms with Crippen molar-refractivity contribution in [3.63, 3.8) is 0 Å². The van der Waals surface area contributed by atoms with Gasteiger partial charge in [-0.05, 0) is 31.4 Å². The minimum absolute atomic E-state index is 0.0239. The molecule has 1 heterocycles. The second-order valence-electron chi connectivity index (χ2n) is 5.55. The molecule has 2 nitrogen and oxygen atoms in total. The van der Waals surface area contributed by atoms with Crippen molar-refractivity contribution in [3.8, 4) is 0 Å². The smallest absolute Gasteiger partial charge is 0.0393 e. The second-order valence-corrected chi connectivity index (χ2v) is 5.55. The molecule has 1 aromatic carbocycles. The molecule has 16 heavy (non-hydrogen) atoms. The van der Waals surface area contributed by atoms with Crippen molar-refractivity contribution in [2.45, 2.75) is 24.3 Å². The van der Waals surface area contributed by atoms with Gasteiger partial charge in [-0.25, -0.2) is 0 Å². The van der Waals surface area contributed by atoms with Crippen molar-refractivity contribution < 1.29 is 0 Å². The molecule has 1 saturated carbocycles. The van der Waals surface area contributed by atoms with Gasteiger partial charge in [0.1, 0.15) is 0 Å². The molecule has 1 aliphatic carbocycles. The highest BCUT2D eigenvalue weighted by molar-refractivity contribution is 5.28. The summed E-state index contributed by atoms with van der Waals surface area (Å²) in [6.07, 6.45) is 2.55. The predicted octanol–water partition coefficient (Wildman–Crippen LogP) is 1.82. The Morgan fingerprint density at radius 3 is 2.75 bits per heavy atom. The zero-order valence-electron chi connectivity index (χ0n) is 9.89. The number of likely N-dealkylation sites (N-methyl/N-ethyl adjacent to an activating group) is 1. The topological polar surface area (TPSA) is 29.3 Å². The molecule has 2 fully saturated rings. The van der Waals surface area contributed by atoms with Crippen LogP contribution in [-0.4, -0.2) is 30.6 Å². The van der Waals surface area contributed by atoms with Crippen LogP contribution in [0.5, 0.6) is 0 Å². The van der Waals surface area contributed by atoms with E-state index < -0.39 is 0 Å². The first kappa shape index (κ1) is 10.3. The lowest BCUT2D eigenvalue weighted by Crippen LogP contribution is -2.48. The van der Waals surface area contributed by atoms with Crippen LogP contribution in [0.25, 0.3) is 0 Å². The average Bonchev–Trinajstić information content (AvgIpc) is 2.71. The van der Waals surface area contributed by atoms with Crippen LogP contribution in [0.15, 0.2) is 30.3 Å². The summed E-state index contributed by atoms with van der Waals surface area (Å²) in [6.45, 7) is 2.23. The number of nitrogens with zero attached hydrogens (tertiary/aromatic N) is 1. The first-order valence-corrected chi connectivity index (χ1v) is 6.22. The molecule has 0 amide bonds. The van der Waals surface area contributed by atoms with Gasteiger partial charge < -0.3 is 10.6 Å². The molecule has 0 bridgehead atoms. The van der Waals surface area contributed by atoms with Crippen LogP contribution in [0.1, 0.15) is 24.3 Å². The van der Waals surface area contributed by atoms with Crippen molar-refractivity contribution in [1.82, 2.24) is 4.90 Å². The summed E-state index contributed by atoms with van der Waals surface area (Å²) in [7, 11) is 2.19. The second kappa shape index (κ2) is 3.57. The maximum Gasteiger partial charge on any atom is 0.0393 e. The van der Waals surface area contributed by atoms with Gasteiger partial charge in [0.15, 0.2) is 0 Å². The molecule has 1 aromatic rings. The molecule has 3 atom stereocenters. The molecule has 86 valence electrons. The van der Waals surface area contributed by atoms with E-state index in [9.17, 15) is 0 Å². The first-order valence-electron chi connectivity index (χ1n) is 6.22. The van der Waals surface area contributed by atoms with Crippen LogP contribution < -0.4 is 5.73 Å². The summed E-state index contributed by atoms with van der Waals surface area (Å²) in [4.78, 5) is 2.39. The fourth-order valence-electron chi connectivity index (χ4n) is 3.76. The number of likely N-dealkylation sites (tertiary alicyclic amines) is 1. The van der Waals surface area contributed by atoms with E-state index in [2.05, 4.69) is 42.3 Å². The zero-order valence-corrected chi connectivity index (χ0v) is 9.89. The molecule has 3 rings (SSSR count). The minimum atomic E-state index is 0.0239. The molecular formula is C14H20N2. The van der Waals surface area contributed by atoms with Gasteiger partial charge in [0, 0.05) is 24.5 Å². The number of nitrogens with two attached hydrogens (primary N) is 1. The largest absolute Gasteiger partial charge is 0.323 e. The van der Waals surface area contributed by atoms with E-state index in [0.29, 0.717) is 11.8 Å². The molecule has 0 radical (unpaired) electrons. The zero-order chi connectivity index (χ0) is 11.2. The maximum absolute atomic E-state index is 6.69. The minimum Gasteiger partial charge on any atom is -0.323 e. The highest BCUT2D eigenvalue weighted by atomic mass is 15.2. The van der Waals surface area contributed by atoms with E-state index in [-0.39, 0.29) is 5.54 Å². The summed E-state index contributed by atoms with van der Waals surface area (Å²) in [5.74, 6) is 1.26. The van der Waals surface area contributed by atoms with Gasteiger partial charge in [-0.2, -0.15) is 0 Å². The van der Waals surface area contributed by atoms with Gasteiger partial charge in [-0.15, -0.1) is 0 Å². The summed E-state index contributed by atoms with van der Waals surface area (Å²) < 4.78 is 0. The molecule has 2 unspecified atom stereocenters. The van der Waals surface area contributed by atoms with Crippen LogP contribution in [0.4, 0.5) is 0 Å². The Bertz CT molecular complexity index is 376. The third-order valence-electron chi connectivity index (χ3n) is 4.49. The number of hydrogen-bond donors (Lipinski definition) is 1. The Morgan fingerprint density at radius 1 is 1.25 bits per heavy atom. The van der Waals surface area contributed by atoms with E-state index in [1.165, 1.54) is 24.9 Å². The molecule has 2 heteroatoms. The van der Waals surface area contributed by atoms with Crippen LogP contribution >= 0.6 is 0 Å². The Morgan fingerprint density at radius 2 is 2.00 bits per heavy atom. The Hall–Kier alpha value is -0.860. The molecular weight excluding hydrogens is 196 g/mol.